The van der Waals surface area contributed by atoms with E-state index in [-0.39, 0.29) is 11.8 Å². The molecule has 2 amide bonds. The van der Waals surface area contributed by atoms with Crippen molar-refractivity contribution < 1.29 is 14.0 Å². The molecule has 0 unspecified atom stereocenters. The van der Waals surface area contributed by atoms with Crippen molar-refractivity contribution in [3.05, 3.63) is 42.1 Å². The van der Waals surface area contributed by atoms with Crippen molar-refractivity contribution in [2.24, 2.45) is 0 Å². The van der Waals surface area contributed by atoms with Gasteiger partial charge in [-0.3, -0.25) is 9.59 Å². The van der Waals surface area contributed by atoms with E-state index in [1.807, 2.05) is 11.8 Å². The van der Waals surface area contributed by atoms with Crippen LogP contribution in [0.4, 0.5) is 5.95 Å². The monoisotopic (exact) mass is 343 g/mol. The van der Waals surface area contributed by atoms with Crippen molar-refractivity contribution in [1.82, 2.24) is 20.2 Å². The second-order valence-corrected chi connectivity index (χ2v) is 5.78. The normalized spacial score (nSPS) is 14.4. The molecule has 3 heterocycles. The zero-order valence-electron chi connectivity index (χ0n) is 14.1. The van der Waals surface area contributed by atoms with Gasteiger partial charge in [0.25, 0.3) is 11.8 Å². The maximum absolute atomic E-state index is 12.2. The average molecular weight is 343 g/mol. The van der Waals surface area contributed by atoms with Gasteiger partial charge >= 0.3 is 0 Å². The van der Waals surface area contributed by atoms with Crippen LogP contribution in [0.2, 0.25) is 0 Å². The molecule has 0 bridgehead atoms. The number of hydrogen-bond acceptors (Lipinski definition) is 6. The summed E-state index contributed by atoms with van der Waals surface area (Å²) in [7, 11) is 0. The molecule has 2 aromatic rings. The largest absolute Gasteiger partial charge is 0.459 e. The van der Waals surface area contributed by atoms with E-state index in [1.54, 1.807) is 17.0 Å². The van der Waals surface area contributed by atoms with E-state index < -0.39 is 0 Å². The number of piperazine rings is 1. The number of anilines is 1. The number of furan rings is 1. The first-order chi connectivity index (χ1) is 12.2. The molecule has 0 spiro atoms. The van der Waals surface area contributed by atoms with E-state index in [1.165, 1.54) is 18.7 Å². The molecular weight excluding hydrogens is 322 g/mol. The molecule has 3 rings (SSSR count). The van der Waals surface area contributed by atoms with Gasteiger partial charge in [-0.25, -0.2) is 9.97 Å². The van der Waals surface area contributed by atoms with E-state index in [2.05, 4.69) is 15.3 Å². The van der Waals surface area contributed by atoms with Gasteiger partial charge in [0.1, 0.15) is 0 Å². The lowest BCUT2D eigenvalue weighted by Crippen LogP contribution is -2.49. The van der Waals surface area contributed by atoms with Crippen LogP contribution in [0.1, 0.15) is 34.3 Å². The van der Waals surface area contributed by atoms with Crippen LogP contribution in [-0.4, -0.2) is 59.4 Å². The molecule has 2 aromatic heterocycles. The third-order valence-corrected chi connectivity index (χ3v) is 4.02. The molecule has 25 heavy (non-hydrogen) atoms. The molecule has 1 N–H and O–H groups in total. The summed E-state index contributed by atoms with van der Waals surface area (Å²) in [5, 5.41) is 2.79. The highest BCUT2D eigenvalue weighted by Gasteiger charge is 2.24. The Bertz CT molecular complexity index is 706. The second-order valence-electron chi connectivity index (χ2n) is 5.78. The number of nitrogens with zero attached hydrogens (tertiary/aromatic N) is 4. The van der Waals surface area contributed by atoms with Gasteiger partial charge in [-0.1, -0.05) is 6.92 Å². The predicted molar refractivity (Wildman–Crippen MR) is 91.5 cm³/mol. The van der Waals surface area contributed by atoms with E-state index in [0.29, 0.717) is 50.0 Å². The lowest BCUT2D eigenvalue weighted by molar-refractivity contribution is 0.0714. The van der Waals surface area contributed by atoms with Crippen LogP contribution in [0.25, 0.3) is 0 Å². The first kappa shape index (κ1) is 16.9. The topological polar surface area (TPSA) is 91.6 Å². The molecule has 1 saturated heterocycles. The lowest BCUT2D eigenvalue weighted by Gasteiger charge is -2.34. The minimum absolute atomic E-state index is 0.103. The van der Waals surface area contributed by atoms with Crippen molar-refractivity contribution in [1.29, 1.82) is 0 Å². The molecule has 0 aliphatic carbocycles. The fourth-order valence-electron chi connectivity index (χ4n) is 2.61. The highest BCUT2D eigenvalue weighted by molar-refractivity contribution is 5.93. The number of hydrogen-bond donors (Lipinski definition) is 1. The van der Waals surface area contributed by atoms with Crippen molar-refractivity contribution >= 4 is 17.8 Å². The third kappa shape index (κ3) is 3.96. The Hall–Kier alpha value is -2.90. The van der Waals surface area contributed by atoms with Gasteiger partial charge in [0.05, 0.1) is 11.8 Å². The van der Waals surface area contributed by atoms with Gasteiger partial charge < -0.3 is 19.5 Å². The zero-order valence-corrected chi connectivity index (χ0v) is 14.1. The third-order valence-electron chi connectivity index (χ3n) is 4.02. The Balaban J connectivity index is 1.56. The number of rotatable bonds is 5. The van der Waals surface area contributed by atoms with Crippen molar-refractivity contribution in [3.8, 4) is 0 Å². The predicted octanol–water partition coefficient (Wildman–Crippen LogP) is 1.17. The molecule has 0 saturated carbocycles. The standard InChI is InChI=1S/C17H21N5O3/c1-2-5-18-15(23)13-11-19-17(20-12-13)22-8-6-21(7-9-22)16(24)14-4-3-10-25-14/h3-4,10-12H,2,5-9H2,1H3,(H,18,23). The molecule has 132 valence electrons. The number of aromatic nitrogens is 2. The summed E-state index contributed by atoms with van der Waals surface area (Å²) in [6.07, 6.45) is 5.45. The quantitative estimate of drug-likeness (QED) is 0.876. The highest BCUT2D eigenvalue weighted by Crippen LogP contribution is 2.13. The van der Waals surface area contributed by atoms with Gasteiger partial charge in [0, 0.05) is 45.1 Å². The summed E-state index contributed by atoms with van der Waals surface area (Å²) in [6, 6.07) is 3.37. The minimum atomic E-state index is -0.165. The fraction of sp³-hybridized carbons (Fsp3) is 0.412. The zero-order chi connectivity index (χ0) is 17.6. The van der Waals surface area contributed by atoms with Crippen molar-refractivity contribution in [2.45, 2.75) is 13.3 Å². The highest BCUT2D eigenvalue weighted by atomic mass is 16.3. The molecular formula is C17H21N5O3. The molecule has 0 radical (unpaired) electrons. The second kappa shape index (κ2) is 7.78. The van der Waals surface area contributed by atoms with Gasteiger partial charge in [0.15, 0.2) is 5.76 Å². The average Bonchev–Trinajstić information content (AvgIpc) is 3.20. The van der Waals surface area contributed by atoms with Gasteiger partial charge in [-0.2, -0.15) is 0 Å². The Morgan fingerprint density at radius 1 is 1.20 bits per heavy atom. The van der Waals surface area contributed by atoms with E-state index >= 15 is 0 Å². The summed E-state index contributed by atoms with van der Waals surface area (Å²) < 4.78 is 5.16. The SMILES string of the molecule is CCCNC(=O)c1cnc(N2CCN(C(=O)c3ccco3)CC2)nc1. The summed E-state index contributed by atoms with van der Waals surface area (Å²) >= 11 is 0. The fourth-order valence-corrected chi connectivity index (χ4v) is 2.61. The maximum atomic E-state index is 12.2. The van der Waals surface area contributed by atoms with Gasteiger partial charge in [-0.05, 0) is 18.6 Å². The first-order valence-corrected chi connectivity index (χ1v) is 8.37. The smallest absolute Gasteiger partial charge is 0.289 e. The molecule has 1 aliphatic rings. The Morgan fingerprint density at radius 3 is 2.52 bits per heavy atom. The van der Waals surface area contributed by atoms with E-state index in [0.717, 1.165) is 6.42 Å². The summed E-state index contributed by atoms with van der Waals surface area (Å²) in [6.45, 7) is 5.04. The van der Waals surface area contributed by atoms with Crippen LogP contribution in [-0.2, 0) is 0 Å². The summed E-state index contributed by atoms with van der Waals surface area (Å²) in [5.74, 6) is 0.653. The van der Waals surface area contributed by atoms with Crippen LogP contribution >= 0.6 is 0 Å². The number of amides is 2. The molecule has 8 nitrogen and oxygen atoms in total. The number of carbonyl (C=O) groups is 2. The first-order valence-electron chi connectivity index (χ1n) is 8.37. The van der Waals surface area contributed by atoms with Crippen molar-refractivity contribution in [3.63, 3.8) is 0 Å². The molecule has 8 heteroatoms. The molecule has 0 atom stereocenters. The number of nitrogens with one attached hydrogen (secondary N) is 1. The molecule has 1 fully saturated rings. The van der Waals surface area contributed by atoms with Crippen LogP contribution in [0, 0.1) is 0 Å². The Kier molecular flexibility index (Phi) is 5.27. The maximum Gasteiger partial charge on any atom is 0.289 e. The summed E-state index contributed by atoms with van der Waals surface area (Å²) in [5.41, 5.74) is 0.448. The van der Waals surface area contributed by atoms with Crippen LogP contribution in [0.3, 0.4) is 0 Å². The van der Waals surface area contributed by atoms with Gasteiger partial charge in [0.2, 0.25) is 5.95 Å². The summed E-state index contributed by atoms with van der Waals surface area (Å²) in [4.78, 5) is 36.4. The molecule has 1 aliphatic heterocycles. The molecule has 0 aromatic carbocycles. The van der Waals surface area contributed by atoms with Crippen LogP contribution in [0.5, 0.6) is 0 Å². The van der Waals surface area contributed by atoms with Gasteiger partial charge in [-0.15, -0.1) is 0 Å². The number of carbonyl (C=O) groups excluding carboxylic acids is 2. The Morgan fingerprint density at radius 2 is 1.92 bits per heavy atom. The van der Waals surface area contributed by atoms with Crippen molar-refractivity contribution in [2.75, 3.05) is 37.6 Å². The van der Waals surface area contributed by atoms with E-state index in [9.17, 15) is 9.59 Å². The minimum Gasteiger partial charge on any atom is -0.459 e. The van der Waals surface area contributed by atoms with E-state index in [4.69, 9.17) is 4.42 Å². The van der Waals surface area contributed by atoms with Crippen LogP contribution < -0.4 is 10.2 Å². The lowest BCUT2D eigenvalue weighted by atomic mass is 10.3. The Labute approximate surface area is 145 Å². The van der Waals surface area contributed by atoms with Crippen LogP contribution in [0.15, 0.2) is 35.2 Å².